The average molecular weight is 317 g/mol. The minimum absolute atomic E-state index is 0.0835. The Bertz CT molecular complexity index is 687. The summed E-state index contributed by atoms with van der Waals surface area (Å²) in [5.74, 6) is 0.0668. The average Bonchev–Trinajstić information content (AvgIpc) is 3.01. The lowest BCUT2D eigenvalue weighted by Crippen LogP contribution is -2.37. The van der Waals surface area contributed by atoms with E-state index in [-0.39, 0.29) is 18.6 Å². The van der Waals surface area contributed by atoms with Crippen molar-refractivity contribution >= 4 is 6.09 Å². The molecule has 0 atom stereocenters. The van der Waals surface area contributed by atoms with Crippen LogP contribution in [0.25, 0.3) is 0 Å². The molecule has 0 unspecified atom stereocenters. The summed E-state index contributed by atoms with van der Waals surface area (Å²) in [6.07, 6.45) is 2.85. The van der Waals surface area contributed by atoms with Gasteiger partial charge in [-0.1, -0.05) is 30.3 Å². The molecule has 2 N–H and O–H groups in total. The highest BCUT2D eigenvalue weighted by Crippen LogP contribution is 2.31. The lowest BCUT2D eigenvalue weighted by molar-refractivity contribution is 0.132. The third-order valence-corrected chi connectivity index (χ3v) is 4.07. The van der Waals surface area contributed by atoms with Gasteiger partial charge in [-0.2, -0.15) is 0 Å². The van der Waals surface area contributed by atoms with Crippen LogP contribution in [-0.4, -0.2) is 22.3 Å². The Kier molecular flexibility index (Phi) is 4.75. The Hall–Kier alpha value is -2.57. The number of aromatic amines is 1. The molecule has 23 heavy (non-hydrogen) atoms. The summed E-state index contributed by atoms with van der Waals surface area (Å²) in [7, 11) is 0. The van der Waals surface area contributed by atoms with Gasteiger partial charge in [-0.25, -0.2) is 14.7 Å². The van der Waals surface area contributed by atoms with Crippen molar-refractivity contribution < 1.29 is 13.9 Å². The number of hydrogen-bond acceptors (Lipinski definition) is 5. The van der Waals surface area contributed by atoms with Crippen LogP contribution < -0.4 is 11.1 Å². The van der Waals surface area contributed by atoms with Gasteiger partial charge >= 0.3 is 11.8 Å². The van der Waals surface area contributed by atoms with Crippen molar-refractivity contribution in [2.24, 2.45) is 0 Å². The number of aromatic nitrogens is 2. The normalized spacial score (nSPS) is 20.9. The number of carbonyl (C=O) groups is 1. The first-order valence-electron chi connectivity index (χ1n) is 7.73. The fourth-order valence-electron chi connectivity index (χ4n) is 2.83. The van der Waals surface area contributed by atoms with Gasteiger partial charge in [0.1, 0.15) is 6.61 Å². The van der Waals surface area contributed by atoms with Gasteiger partial charge in [0.15, 0.2) is 0 Å². The number of nitrogens with one attached hydrogen (secondary N) is 2. The number of hydrogen-bond donors (Lipinski definition) is 2. The standard InChI is InChI=1S/C16H19N3O4/c20-15(22-10-11-4-2-1-3-5-11)17-13-8-6-12(7-9-13)14-18-19-16(21)23-14/h1-5,12-13H,6-10H2,(H,17,20)(H,19,21). The van der Waals surface area contributed by atoms with Crippen molar-refractivity contribution in [3.05, 3.63) is 52.3 Å². The van der Waals surface area contributed by atoms with Crippen LogP contribution in [0.2, 0.25) is 0 Å². The topological polar surface area (TPSA) is 97.2 Å². The zero-order valence-electron chi connectivity index (χ0n) is 12.7. The second kappa shape index (κ2) is 7.13. The fraction of sp³-hybridized carbons (Fsp3) is 0.438. The second-order valence-electron chi connectivity index (χ2n) is 5.71. The molecule has 1 fully saturated rings. The molecular weight excluding hydrogens is 298 g/mol. The van der Waals surface area contributed by atoms with Gasteiger partial charge < -0.3 is 14.5 Å². The Morgan fingerprint density at radius 2 is 2.00 bits per heavy atom. The number of amides is 1. The third kappa shape index (κ3) is 4.21. The molecule has 1 saturated carbocycles. The summed E-state index contributed by atoms with van der Waals surface area (Å²) in [5, 5.41) is 9.04. The number of nitrogens with zero attached hydrogens (tertiary/aromatic N) is 1. The number of H-pyrrole nitrogens is 1. The van der Waals surface area contributed by atoms with E-state index in [1.807, 2.05) is 30.3 Å². The summed E-state index contributed by atoms with van der Waals surface area (Å²) < 4.78 is 10.2. The van der Waals surface area contributed by atoms with Crippen LogP contribution >= 0.6 is 0 Å². The Morgan fingerprint density at radius 3 is 2.65 bits per heavy atom. The van der Waals surface area contributed by atoms with Gasteiger partial charge in [0.25, 0.3) is 0 Å². The molecule has 122 valence electrons. The smallest absolute Gasteiger partial charge is 0.434 e. The van der Waals surface area contributed by atoms with Crippen LogP contribution in [0, 0.1) is 0 Å². The maximum absolute atomic E-state index is 11.8. The minimum Gasteiger partial charge on any atom is -0.445 e. The zero-order chi connectivity index (χ0) is 16.1. The lowest BCUT2D eigenvalue weighted by atomic mass is 9.86. The van der Waals surface area contributed by atoms with Gasteiger partial charge in [-0.15, -0.1) is 5.10 Å². The molecule has 1 aromatic carbocycles. The minimum atomic E-state index is -0.523. The number of benzene rings is 1. The Labute approximate surface area is 133 Å². The number of alkyl carbamates (subject to hydrolysis) is 1. The van der Waals surface area contributed by atoms with Gasteiger partial charge in [0.05, 0.1) is 0 Å². The molecule has 2 aromatic rings. The molecule has 1 aliphatic carbocycles. The molecule has 0 aliphatic heterocycles. The highest BCUT2D eigenvalue weighted by Gasteiger charge is 2.26. The maximum atomic E-state index is 11.8. The SMILES string of the molecule is O=C(NC1CCC(c2n[nH]c(=O)o2)CC1)OCc1ccccc1. The van der Waals surface area contributed by atoms with E-state index in [0.29, 0.717) is 5.89 Å². The molecule has 1 heterocycles. The quantitative estimate of drug-likeness (QED) is 0.902. The van der Waals surface area contributed by atoms with Crippen LogP contribution in [0.4, 0.5) is 4.79 Å². The first-order valence-corrected chi connectivity index (χ1v) is 7.73. The van der Waals surface area contributed by atoms with Crippen molar-refractivity contribution in [2.45, 2.75) is 44.2 Å². The Morgan fingerprint density at radius 1 is 1.26 bits per heavy atom. The van der Waals surface area contributed by atoms with Gasteiger partial charge in [0.2, 0.25) is 5.89 Å². The first-order chi connectivity index (χ1) is 11.2. The molecule has 0 radical (unpaired) electrons. The molecule has 7 heteroatoms. The first kappa shape index (κ1) is 15.3. The van der Waals surface area contributed by atoms with Gasteiger partial charge in [-0.3, -0.25) is 0 Å². The molecule has 0 spiro atoms. The maximum Gasteiger partial charge on any atom is 0.434 e. The van der Waals surface area contributed by atoms with E-state index < -0.39 is 11.8 Å². The van der Waals surface area contributed by atoms with Crippen LogP contribution in [0.5, 0.6) is 0 Å². The van der Waals surface area contributed by atoms with Crippen LogP contribution in [0.15, 0.2) is 39.5 Å². The summed E-state index contributed by atoms with van der Waals surface area (Å²) in [5.41, 5.74) is 0.958. The molecule has 0 saturated heterocycles. The fourth-order valence-corrected chi connectivity index (χ4v) is 2.83. The molecule has 1 aromatic heterocycles. The van der Waals surface area contributed by atoms with Crippen molar-refractivity contribution in [1.29, 1.82) is 0 Å². The third-order valence-electron chi connectivity index (χ3n) is 4.07. The number of rotatable bonds is 4. The summed E-state index contributed by atoms with van der Waals surface area (Å²) in [6.45, 7) is 0.264. The largest absolute Gasteiger partial charge is 0.445 e. The van der Waals surface area contributed by atoms with E-state index >= 15 is 0 Å². The van der Waals surface area contributed by atoms with E-state index in [0.717, 1.165) is 31.2 Å². The highest BCUT2D eigenvalue weighted by atomic mass is 16.5. The molecule has 3 rings (SSSR count). The summed E-state index contributed by atoms with van der Waals surface area (Å²) >= 11 is 0. The van der Waals surface area contributed by atoms with Crippen molar-refractivity contribution in [1.82, 2.24) is 15.5 Å². The van der Waals surface area contributed by atoms with Crippen LogP contribution in [-0.2, 0) is 11.3 Å². The second-order valence-corrected chi connectivity index (χ2v) is 5.71. The van der Waals surface area contributed by atoms with E-state index in [1.165, 1.54) is 0 Å². The van der Waals surface area contributed by atoms with Gasteiger partial charge in [0, 0.05) is 12.0 Å². The summed E-state index contributed by atoms with van der Waals surface area (Å²) in [4.78, 5) is 22.8. The van der Waals surface area contributed by atoms with Crippen LogP contribution in [0.1, 0.15) is 43.1 Å². The van der Waals surface area contributed by atoms with E-state index in [9.17, 15) is 9.59 Å². The van der Waals surface area contributed by atoms with Crippen molar-refractivity contribution in [3.63, 3.8) is 0 Å². The van der Waals surface area contributed by atoms with E-state index in [4.69, 9.17) is 9.15 Å². The summed E-state index contributed by atoms with van der Waals surface area (Å²) in [6, 6.07) is 9.65. The lowest BCUT2D eigenvalue weighted by Gasteiger charge is -2.26. The predicted molar refractivity (Wildman–Crippen MR) is 81.9 cm³/mol. The molecule has 1 aliphatic rings. The molecule has 0 bridgehead atoms. The monoisotopic (exact) mass is 317 g/mol. The number of carbonyl (C=O) groups excluding carboxylic acids is 1. The van der Waals surface area contributed by atoms with Crippen LogP contribution in [0.3, 0.4) is 0 Å². The highest BCUT2D eigenvalue weighted by molar-refractivity contribution is 5.67. The number of ether oxygens (including phenoxy) is 1. The van der Waals surface area contributed by atoms with E-state index in [2.05, 4.69) is 15.5 Å². The van der Waals surface area contributed by atoms with Crippen molar-refractivity contribution in [2.75, 3.05) is 0 Å². The van der Waals surface area contributed by atoms with Gasteiger partial charge in [-0.05, 0) is 31.2 Å². The predicted octanol–water partition coefficient (Wildman–Crippen LogP) is 2.32. The molecule has 7 nitrogen and oxygen atoms in total. The molecular formula is C16H19N3O4. The Balaban J connectivity index is 1.41. The molecule has 1 amide bonds. The van der Waals surface area contributed by atoms with Crippen molar-refractivity contribution in [3.8, 4) is 0 Å². The van der Waals surface area contributed by atoms with E-state index in [1.54, 1.807) is 0 Å². The zero-order valence-corrected chi connectivity index (χ0v) is 12.7.